The number of Topliss-reactive ketones (excluding diaryl/α,β-unsaturated/α-hetero) is 1. The Morgan fingerprint density at radius 1 is 1.24 bits per heavy atom. The molecule has 2 N–H and O–H groups in total. The van der Waals surface area contributed by atoms with E-state index >= 15 is 0 Å². The van der Waals surface area contributed by atoms with Crippen LogP contribution in [0.2, 0.25) is 0 Å². The second-order valence-electron chi connectivity index (χ2n) is 4.26. The van der Waals surface area contributed by atoms with Gasteiger partial charge in [0, 0.05) is 12.8 Å². The number of nitriles is 1. The van der Waals surface area contributed by atoms with Crippen LogP contribution in [-0.4, -0.2) is 22.1 Å². The lowest BCUT2D eigenvalue weighted by atomic mass is 9.88. The summed E-state index contributed by atoms with van der Waals surface area (Å²) in [6.07, 6.45) is -0.988. The number of hydrogen-bond donors (Lipinski definition) is 2. The van der Waals surface area contributed by atoms with E-state index in [2.05, 4.69) is 0 Å². The third-order valence-electron chi connectivity index (χ3n) is 3.06. The molecule has 4 nitrogen and oxygen atoms in total. The number of benzene rings is 1. The molecule has 0 amide bonds. The first-order chi connectivity index (χ1) is 8.11. The van der Waals surface area contributed by atoms with Crippen LogP contribution in [0.3, 0.4) is 0 Å². The van der Waals surface area contributed by atoms with Gasteiger partial charge in [-0.1, -0.05) is 18.2 Å². The number of nitrogens with zero attached hydrogens (tertiary/aromatic N) is 1. The maximum atomic E-state index is 11.3. The summed E-state index contributed by atoms with van der Waals surface area (Å²) in [6.45, 7) is 0. The van der Waals surface area contributed by atoms with Crippen LogP contribution >= 0.6 is 0 Å². The summed E-state index contributed by atoms with van der Waals surface area (Å²) >= 11 is 0. The van der Waals surface area contributed by atoms with Crippen molar-refractivity contribution in [1.82, 2.24) is 0 Å². The zero-order valence-corrected chi connectivity index (χ0v) is 9.26. The summed E-state index contributed by atoms with van der Waals surface area (Å²) in [5.41, 5.74) is 2.52. The van der Waals surface area contributed by atoms with Crippen molar-refractivity contribution in [2.24, 2.45) is 0 Å². The summed E-state index contributed by atoms with van der Waals surface area (Å²) < 4.78 is 0. The van der Waals surface area contributed by atoms with Crippen molar-refractivity contribution in [2.75, 3.05) is 0 Å². The summed E-state index contributed by atoms with van der Waals surface area (Å²) in [7, 11) is 0. The molecule has 1 aromatic rings. The van der Waals surface area contributed by atoms with E-state index in [4.69, 9.17) is 5.26 Å². The molecule has 2 rings (SSSR count). The molecule has 1 aliphatic carbocycles. The first-order valence-electron chi connectivity index (χ1n) is 5.51. The third-order valence-corrected chi connectivity index (χ3v) is 3.06. The van der Waals surface area contributed by atoms with Gasteiger partial charge in [0.1, 0.15) is 11.9 Å². The minimum Gasteiger partial charge on any atom is -0.385 e. The molecular formula is C13H13NO3. The summed E-state index contributed by atoms with van der Waals surface area (Å²) in [4.78, 5) is 11.3. The molecule has 0 aromatic heterocycles. The van der Waals surface area contributed by atoms with E-state index < -0.39 is 12.2 Å². The number of ketones is 1. The second kappa shape index (κ2) is 4.66. The zero-order valence-electron chi connectivity index (χ0n) is 9.26. The van der Waals surface area contributed by atoms with Crippen molar-refractivity contribution in [3.8, 4) is 6.07 Å². The van der Waals surface area contributed by atoms with Gasteiger partial charge in [0.25, 0.3) is 0 Å². The van der Waals surface area contributed by atoms with E-state index in [9.17, 15) is 15.0 Å². The number of carbonyl (C=O) groups excluding carboxylic acids is 1. The number of aryl methyl sites for hydroxylation is 1. The monoisotopic (exact) mass is 231 g/mol. The molecule has 0 spiro atoms. The SMILES string of the molecule is N#CC(O)C(O)c1ccc2c(c1)CCC(=O)C2. The van der Waals surface area contributed by atoms with Gasteiger partial charge in [-0.25, -0.2) is 0 Å². The Labute approximate surface area is 99.1 Å². The van der Waals surface area contributed by atoms with Gasteiger partial charge in [-0.3, -0.25) is 4.79 Å². The molecule has 0 saturated heterocycles. The van der Waals surface area contributed by atoms with Gasteiger partial charge >= 0.3 is 0 Å². The standard InChI is InChI=1S/C13H13NO3/c14-7-12(16)13(17)10-2-1-9-6-11(15)4-3-8(9)5-10/h1-2,5,12-13,16-17H,3-4,6H2. The fourth-order valence-corrected chi connectivity index (χ4v) is 2.06. The maximum absolute atomic E-state index is 11.3. The lowest BCUT2D eigenvalue weighted by Gasteiger charge is -2.18. The molecule has 0 radical (unpaired) electrons. The molecule has 0 heterocycles. The molecule has 4 heteroatoms. The van der Waals surface area contributed by atoms with Crippen molar-refractivity contribution in [1.29, 1.82) is 5.26 Å². The summed E-state index contributed by atoms with van der Waals surface area (Å²) in [6, 6.07) is 6.81. The first-order valence-corrected chi connectivity index (χ1v) is 5.51. The smallest absolute Gasteiger partial charge is 0.170 e. The van der Waals surface area contributed by atoms with Crippen LogP contribution in [-0.2, 0) is 17.6 Å². The van der Waals surface area contributed by atoms with Gasteiger partial charge in [0.05, 0.1) is 6.07 Å². The molecule has 0 fully saturated rings. The predicted molar refractivity (Wildman–Crippen MR) is 60.1 cm³/mol. The Morgan fingerprint density at radius 2 is 2.00 bits per heavy atom. The molecule has 0 saturated carbocycles. The molecule has 2 atom stereocenters. The van der Waals surface area contributed by atoms with E-state index in [0.717, 1.165) is 11.1 Å². The van der Waals surface area contributed by atoms with Crippen LogP contribution in [0.1, 0.15) is 29.2 Å². The molecule has 1 aliphatic rings. The van der Waals surface area contributed by atoms with Crippen LogP contribution in [0.4, 0.5) is 0 Å². The fourth-order valence-electron chi connectivity index (χ4n) is 2.06. The molecule has 88 valence electrons. The normalized spacial score (nSPS) is 18.1. The van der Waals surface area contributed by atoms with Crippen molar-refractivity contribution >= 4 is 5.78 Å². The van der Waals surface area contributed by atoms with Gasteiger partial charge < -0.3 is 10.2 Å². The minimum atomic E-state index is -1.42. The van der Waals surface area contributed by atoms with Crippen molar-refractivity contribution in [2.45, 2.75) is 31.5 Å². The number of rotatable bonds is 2. The average molecular weight is 231 g/mol. The zero-order chi connectivity index (χ0) is 12.4. The molecule has 1 aromatic carbocycles. The second-order valence-corrected chi connectivity index (χ2v) is 4.26. The van der Waals surface area contributed by atoms with Crippen LogP contribution in [0.25, 0.3) is 0 Å². The number of fused-ring (bicyclic) bond motifs is 1. The largest absolute Gasteiger partial charge is 0.385 e. The van der Waals surface area contributed by atoms with E-state index in [-0.39, 0.29) is 5.78 Å². The van der Waals surface area contributed by atoms with Crippen LogP contribution in [0.15, 0.2) is 18.2 Å². The lowest BCUT2D eigenvalue weighted by Crippen LogP contribution is -2.18. The highest BCUT2D eigenvalue weighted by molar-refractivity contribution is 5.83. The van der Waals surface area contributed by atoms with E-state index in [1.54, 1.807) is 24.3 Å². The third kappa shape index (κ3) is 2.36. The first kappa shape index (κ1) is 11.8. The van der Waals surface area contributed by atoms with E-state index in [0.29, 0.717) is 24.8 Å². The van der Waals surface area contributed by atoms with E-state index in [1.165, 1.54) is 0 Å². The van der Waals surface area contributed by atoms with Crippen molar-refractivity contribution in [3.05, 3.63) is 34.9 Å². The van der Waals surface area contributed by atoms with Gasteiger partial charge in [-0.05, 0) is 23.1 Å². The number of aliphatic hydroxyl groups excluding tert-OH is 2. The molecule has 0 bridgehead atoms. The van der Waals surface area contributed by atoms with Crippen LogP contribution in [0, 0.1) is 11.3 Å². The molecule has 17 heavy (non-hydrogen) atoms. The Kier molecular flexibility index (Phi) is 3.23. The number of hydrogen-bond acceptors (Lipinski definition) is 4. The van der Waals surface area contributed by atoms with Gasteiger partial charge in [0.15, 0.2) is 6.10 Å². The van der Waals surface area contributed by atoms with Gasteiger partial charge in [-0.2, -0.15) is 5.26 Å². The highest BCUT2D eigenvalue weighted by atomic mass is 16.3. The Bertz CT molecular complexity index is 490. The highest BCUT2D eigenvalue weighted by Crippen LogP contribution is 2.24. The average Bonchev–Trinajstić information content (AvgIpc) is 2.36. The summed E-state index contributed by atoms with van der Waals surface area (Å²) in [5, 5.41) is 27.5. The van der Waals surface area contributed by atoms with Crippen LogP contribution < -0.4 is 0 Å². The topological polar surface area (TPSA) is 81.3 Å². The molecule has 2 unspecified atom stereocenters. The van der Waals surface area contributed by atoms with Gasteiger partial charge in [0.2, 0.25) is 0 Å². The lowest BCUT2D eigenvalue weighted by molar-refractivity contribution is -0.118. The van der Waals surface area contributed by atoms with E-state index in [1.807, 2.05) is 0 Å². The number of carbonyl (C=O) groups is 1. The number of aliphatic hydroxyl groups is 2. The Balaban J connectivity index is 2.28. The Morgan fingerprint density at radius 3 is 2.71 bits per heavy atom. The highest BCUT2D eigenvalue weighted by Gasteiger charge is 2.21. The van der Waals surface area contributed by atoms with Crippen molar-refractivity contribution < 1.29 is 15.0 Å². The molecule has 0 aliphatic heterocycles. The quantitative estimate of drug-likeness (QED) is 0.733. The van der Waals surface area contributed by atoms with Crippen molar-refractivity contribution in [3.63, 3.8) is 0 Å². The fraction of sp³-hybridized carbons (Fsp3) is 0.385. The minimum absolute atomic E-state index is 0.225. The molecular weight excluding hydrogens is 218 g/mol. The Hall–Kier alpha value is -1.70. The maximum Gasteiger partial charge on any atom is 0.170 e. The van der Waals surface area contributed by atoms with Gasteiger partial charge in [-0.15, -0.1) is 0 Å². The summed E-state index contributed by atoms with van der Waals surface area (Å²) in [5.74, 6) is 0.225. The van der Waals surface area contributed by atoms with Crippen LogP contribution in [0.5, 0.6) is 0 Å². The predicted octanol–water partition coefficient (Wildman–Crippen LogP) is 0.662.